The van der Waals surface area contributed by atoms with Gasteiger partial charge >= 0.3 is 5.97 Å². The molecule has 12 unspecified atom stereocenters. The summed E-state index contributed by atoms with van der Waals surface area (Å²) in [6, 6.07) is 29.2. The third-order valence-corrected chi connectivity index (χ3v) is 25.1. The summed E-state index contributed by atoms with van der Waals surface area (Å²) in [6.07, 6.45) is 2.24. The van der Waals surface area contributed by atoms with Gasteiger partial charge < -0.3 is 61.6 Å². The minimum atomic E-state index is -1.33. The highest BCUT2D eigenvalue weighted by atomic mass is 16.8. The lowest BCUT2D eigenvalue weighted by Gasteiger charge is -2.71. The Morgan fingerprint density at radius 1 is 0.696 bits per heavy atom. The van der Waals surface area contributed by atoms with Crippen LogP contribution in [-0.4, -0.2) is 118 Å². The van der Waals surface area contributed by atoms with Crippen LogP contribution < -0.4 is 0 Å². The van der Waals surface area contributed by atoms with Crippen molar-refractivity contribution >= 4 is 12.3 Å². The fraction of sp³-hybridized carbons (Fsp3) is 0.707. The van der Waals surface area contributed by atoms with E-state index in [4.69, 9.17) is 56.8 Å². The molecule has 3 aromatic carbocycles. The number of ether oxygens (including phenoxy) is 12. The first-order valence-corrected chi connectivity index (χ1v) is 34.4. The largest absolute Gasteiger partial charge is 0.432 e. The van der Waals surface area contributed by atoms with Gasteiger partial charge in [-0.1, -0.05) is 170 Å². The summed E-state index contributed by atoms with van der Waals surface area (Å²) < 4.78 is 82.2. The van der Waals surface area contributed by atoms with Crippen molar-refractivity contribution in [2.45, 2.75) is 246 Å². The molecule has 0 bridgehead atoms. The zero-order valence-corrected chi connectivity index (χ0v) is 56.7. The molecule has 0 radical (unpaired) electrons. The Morgan fingerprint density at radius 2 is 1.34 bits per heavy atom. The highest BCUT2D eigenvalue weighted by molar-refractivity contribution is 5.80. The molecule has 4 heterocycles. The van der Waals surface area contributed by atoms with Crippen LogP contribution in [0.25, 0.3) is 10.4 Å². The molecule has 9 aliphatic rings. The minimum Gasteiger partial charge on any atom is -0.432 e. The molecule has 12 rings (SSSR count). The molecule has 0 aromatic heterocycles. The van der Waals surface area contributed by atoms with Crippen LogP contribution in [-0.2, 0) is 86.3 Å². The highest BCUT2D eigenvalue weighted by Crippen LogP contribution is 2.76. The van der Waals surface area contributed by atoms with E-state index in [2.05, 4.69) is 71.5 Å². The standard InChI is InChI=1S/C75H103N3O14/c1-45-31-33-71(9)56(72(45,10)44-79)32-34-73(11)57(71)30-29-52-53-37-69(5,6)35-36-75(53,58(81-13)38-74(52,73)12)68(80)90-66-61(46(2)59(77-78-76)54(87-66)42-82-39-49-23-17-14-18-24-49)88-67-64-63(91-70(7,8)92-64)62(48(4)86-67)89-65-47(3)60(84-41-51-27-21-16-22-28-51)55(43-85-65)83-40-50-25-19-15-20-26-50/h14-29,44-48,53-67H,30-43H2,1-13H3/t45-,46?,47?,48+,53?,54-,55+,56+,57?,58-,59?,60?,61?,62?,63?,64?,65-,66-,67-,71?,72-,73-,74+,75?/m0/s1. The first-order chi connectivity index (χ1) is 43.9. The topological polar surface area (TPSA) is 194 Å². The van der Waals surface area contributed by atoms with Gasteiger partial charge in [-0.05, 0) is 152 Å². The Kier molecular flexibility index (Phi) is 19.4. The maximum Gasteiger partial charge on any atom is 0.317 e. The first-order valence-electron chi connectivity index (χ1n) is 34.4. The van der Waals surface area contributed by atoms with E-state index in [0.717, 1.165) is 61.6 Å². The van der Waals surface area contributed by atoms with Crippen LogP contribution in [0.1, 0.15) is 158 Å². The summed E-state index contributed by atoms with van der Waals surface area (Å²) in [4.78, 5) is 33.0. The summed E-state index contributed by atoms with van der Waals surface area (Å²) in [6.45, 7) is 27.6. The Morgan fingerprint density at radius 3 is 1.99 bits per heavy atom. The summed E-state index contributed by atoms with van der Waals surface area (Å²) >= 11 is 0. The summed E-state index contributed by atoms with van der Waals surface area (Å²) in [5.41, 5.74) is 12.6. The second-order valence-corrected chi connectivity index (χ2v) is 31.2. The lowest BCUT2D eigenvalue weighted by atomic mass is 9.33. The summed E-state index contributed by atoms with van der Waals surface area (Å²) in [5, 5.41) is 4.38. The summed E-state index contributed by atoms with van der Waals surface area (Å²) in [5.74, 6) is -1.67. The van der Waals surface area contributed by atoms with E-state index in [1.165, 1.54) is 11.9 Å². The molecule has 3 aromatic rings. The molecule has 17 nitrogen and oxygen atoms in total. The maximum absolute atomic E-state index is 16.5. The molecule has 92 heavy (non-hydrogen) atoms. The second kappa shape index (κ2) is 26.4. The van der Waals surface area contributed by atoms with Gasteiger partial charge in [0.15, 0.2) is 18.4 Å². The molecule has 8 fully saturated rings. The van der Waals surface area contributed by atoms with Gasteiger partial charge in [-0.25, -0.2) is 0 Å². The van der Waals surface area contributed by atoms with Gasteiger partial charge in [0.05, 0.1) is 63.5 Å². The fourth-order valence-corrected chi connectivity index (χ4v) is 19.5. The van der Waals surface area contributed by atoms with Gasteiger partial charge in [0.1, 0.15) is 42.2 Å². The number of azide groups is 1. The minimum absolute atomic E-state index is 0.0346. The molecular formula is C75H103N3O14. The average Bonchev–Trinajstić information content (AvgIpc) is 0.745. The molecule has 0 spiro atoms. The first kappa shape index (κ1) is 67.4. The van der Waals surface area contributed by atoms with Crippen molar-refractivity contribution in [3.63, 3.8) is 0 Å². The number of allylic oxidation sites excluding steroid dienone is 2. The van der Waals surface area contributed by atoms with E-state index in [1.807, 2.05) is 119 Å². The number of esters is 1. The van der Waals surface area contributed by atoms with Crippen molar-refractivity contribution in [1.82, 2.24) is 0 Å². The van der Waals surface area contributed by atoms with Gasteiger partial charge in [-0.3, -0.25) is 4.79 Å². The summed E-state index contributed by atoms with van der Waals surface area (Å²) in [7, 11) is 1.76. The third-order valence-electron chi connectivity index (χ3n) is 25.1. The van der Waals surface area contributed by atoms with Gasteiger partial charge in [0.25, 0.3) is 0 Å². The van der Waals surface area contributed by atoms with Crippen LogP contribution in [0, 0.1) is 68.0 Å². The number of carbonyl (C=O) groups is 2. The van der Waals surface area contributed by atoms with Crippen LogP contribution in [0.3, 0.4) is 0 Å². The van der Waals surface area contributed by atoms with Gasteiger partial charge in [0.2, 0.25) is 6.29 Å². The van der Waals surface area contributed by atoms with E-state index < -0.39 is 96.8 Å². The van der Waals surface area contributed by atoms with Crippen LogP contribution in [0.15, 0.2) is 108 Å². The molecule has 502 valence electrons. The van der Waals surface area contributed by atoms with E-state index in [0.29, 0.717) is 37.9 Å². The Labute approximate surface area is 545 Å². The van der Waals surface area contributed by atoms with Crippen molar-refractivity contribution in [3.05, 3.63) is 130 Å². The van der Waals surface area contributed by atoms with E-state index in [1.54, 1.807) is 7.11 Å². The van der Waals surface area contributed by atoms with Crippen molar-refractivity contribution in [2.24, 2.45) is 73.1 Å². The maximum atomic E-state index is 16.5. The number of aldehydes is 1. The Bertz CT molecular complexity index is 3130. The monoisotopic (exact) mass is 1270 g/mol. The normalized spacial score (nSPS) is 43.5. The van der Waals surface area contributed by atoms with Crippen LogP contribution in [0.2, 0.25) is 0 Å². The van der Waals surface area contributed by atoms with Crippen molar-refractivity contribution in [2.75, 3.05) is 20.3 Å². The van der Waals surface area contributed by atoms with Gasteiger partial charge in [-0.15, -0.1) is 0 Å². The predicted molar refractivity (Wildman–Crippen MR) is 345 cm³/mol. The van der Waals surface area contributed by atoms with E-state index in [-0.39, 0.29) is 70.8 Å². The predicted octanol–water partition coefficient (Wildman–Crippen LogP) is 14.2. The number of rotatable bonds is 19. The number of methoxy groups -OCH3 is 1. The Hall–Kier alpha value is -4.59. The number of hydrogen-bond donors (Lipinski definition) is 0. The molecule has 17 heteroatoms. The van der Waals surface area contributed by atoms with Gasteiger partial charge in [-0.2, -0.15) is 0 Å². The number of benzene rings is 3. The number of nitrogens with zero attached hydrogens (tertiary/aromatic N) is 3. The molecule has 5 aliphatic carbocycles. The quantitative estimate of drug-likeness (QED) is 0.0275. The Balaban J connectivity index is 0.840. The number of fused-ring (bicyclic) bond motifs is 8. The number of carbonyl (C=O) groups excluding carboxylic acids is 2. The van der Waals surface area contributed by atoms with Crippen LogP contribution in [0.5, 0.6) is 0 Å². The zero-order chi connectivity index (χ0) is 65.2. The number of hydrogen-bond acceptors (Lipinski definition) is 15. The van der Waals surface area contributed by atoms with Crippen LogP contribution >= 0.6 is 0 Å². The molecule has 4 saturated heterocycles. The van der Waals surface area contributed by atoms with Gasteiger partial charge in [0, 0.05) is 23.4 Å². The molecule has 0 N–H and O–H groups in total. The van der Waals surface area contributed by atoms with E-state index >= 15 is 4.79 Å². The molecular weight excluding hydrogens is 1170 g/mol. The van der Waals surface area contributed by atoms with Crippen molar-refractivity contribution in [3.8, 4) is 0 Å². The molecule has 4 saturated carbocycles. The fourth-order valence-electron chi connectivity index (χ4n) is 19.5. The van der Waals surface area contributed by atoms with E-state index in [9.17, 15) is 10.3 Å². The molecule has 24 atom stereocenters. The lowest BCUT2D eigenvalue weighted by molar-refractivity contribution is -0.354. The molecule has 0 amide bonds. The second-order valence-electron chi connectivity index (χ2n) is 31.2. The lowest BCUT2D eigenvalue weighted by Crippen LogP contribution is -2.68. The smallest absolute Gasteiger partial charge is 0.317 e. The third kappa shape index (κ3) is 12.2. The SMILES string of the molecule is CO[C@H]1C[C@]2(C)C(=CCC3C4(C)CC[C@H](C)[C@](C)(C=O)[C@@H]4CC[C@@]32C)C2CC(C)(C)CCC21C(=O)O[C@@H]1O[C@@H](COCc2ccccc2)C(N=[N+]=[N-])C(C)C1O[C@@H]1O[C@H](C)C(O[C@@H]2OC[C@@H](OCc3ccccc3)C(OCc3ccccc3)C2C)C2OC(C)(C)OC21. The van der Waals surface area contributed by atoms with Crippen molar-refractivity contribution < 1.29 is 66.4 Å². The van der Waals surface area contributed by atoms with Crippen molar-refractivity contribution in [1.29, 1.82) is 0 Å². The zero-order valence-electron chi connectivity index (χ0n) is 56.7. The highest BCUT2D eigenvalue weighted by Gasteiger charge is 2.72. The van der Waals surface area contributed by atoms with Crippen LogP contribution in [0.4, 0.5) is 0 Å². The average molecular weight is 1270 g/mol. The molecule has 4 aliphatic heterocycles.